The van der Waals surface area contributed by atoms with E-state index in [2.05, 4.69) is 20.2 Å². The van der Waals surface area contributed by atoms with Crippen molar-refractivity contribution in [2.75, 3.05) is 32.6 Å². The summed E-state index contributed by atoms with van der Waals surface area (Å²) in [6.07, 6.45) is 5.25. The van der Waals surface area contributed by atoms with Crippen molar-refractivity contribution in [1.29, 1.82) is 0 Å². The Balaban J connectivity index is 1.73. The van der Waals surface area contributed by atoms with Gasteiger partial charge in [-0.2, -0.15) is 0 Å². The van der Waals surface area contributed by atoms with Crippen molar-refractivity contribution >= 4 is 16.9 Å². The van der Waals surface area contributed by atoms with Crippen molar-refractivity contribution in [3.05, 3.63) is 24.4 Å². The van der Waals surface area contributed by atoms with E-state index in [-0.39, 0.29) is 6.10 Å². The molecule has 0 spiro atoms. The Kier molecular flexibility index (Phi) is 5.48. The number of ether oxygens (including phenoxy) is 1. The van der Waals surface area contributed by atoms with Gasteiger partial charge in [0.1, 0.15) is 17.9 Å². The highest BCUT2D eigenvalue weighted by Gasteiger charge is 2.20. The van der Waals surface area contributed by atoms with Gasteiger partial charge in [-0.05, 0) is 45.8 Å². The normalized spacial score (nSPS) is 21.2. The van der Waals surface area contributed by atoms with Crippen LogP contribution in [0.15, 0.2) is 24.4 Å². The van der Waals surface area contributed by atoms with Crippen molar-refractivity contribution < 1.29 is 9.84 Å². The molecule has 0 amide bonds. The number of fused-ring (bicyclic) bond motifs is 1. The molecule has 0 aliphatic heterocycles. The topological polar surface area (TPSA) is 70.5 Å². The first-order valence-electron chi connectivity index (χ1n) is 8.60. The predicted molar refractivity (Wildman–Crippen MR) is 95.5 cm³/mol. The van der Waals surface area contributed by atoms with Gasteiger partial charge in [0.05, 0.1) is 6.10 Å². The number of para-hydroxylation sites is 1. The van der Waals surface area contributed by atoms with Crippen LogP contribution < -0.4 is 10.1 Å². The third-order valence-corrected chi connectivity index (χ3v) is 4.40. The Bertz CT molecular complexity index is 669. The molecule has 1 heterocycles. The lowest BCUT2D eigenvalue weighted by atomic mass is 9.93. The lowest BCUT2D eigenvalue weighted by Crippen LogP contribution is -2.28. The third-order valence-electron chi connectivity index (χ3n) is 4.40. The van der Waals surface area contributed by atoms with E-state index in [0.29, 0.717) is 18.6 Å². The van der Waals surface area contributed by atoms with Gasteiger partial charge in [0.2, 0.25) is 5.95 Å². The Morgan fingerprint density at radius 3 is 2.79 bits per heavy atom. The van der Waals surface area contributed by atoms with Gasteiger partial charge >= 0.3 is 0 Å². The summed E-state index contributed by atoms with van der Waals surface area (Å²) in [6, 6.07) is 6.24. The average molecular weight is 330 g/mol. The van der Waals surface area contributed by atoms with E-state index in [1.54, 1.807) is 0 Å². The van der Waals surface area contributed by atoms with Gasteiger partial charge in [-0.1, -0.05) is 12.1 Å². The van der Waals surface area contributed by atoms with E-state index in [4.69, 9.17) is 4.74 Å². The van der Waals surface area contributed by atoms with Crippen LogP contribution in [0.25, 0.3) is 10.9 Å². The molecule has 0 bridgehead atoms. The van der Waals surface area contributed by atoms with Gasteiger partial charge in [-0.3, -0.25) is 0 Å². The first-order chi connectivity index (χ1) is 11.6. The van der Waals surface area contributed by atoms with Crippen molar-refractivity contribution in [1.82, 2.24) is 14.9 Å². The molecule has 1 saturated carbocycles. The molecule has 1 fully saturated rings. The molecule has 1 aliphatic rings. The molecule has 6 nitrogen and oxygen atoms in total. The maximum atomic E-state index is 9.61. The summed E-state index contributed by atoms with van der Waals surface area (Å²) >= 11 is 0. The molecule has 1 aliphatic carbocycles. The van der Waals surface area contributed by atoms with Crippen LogP contribution in [-0.4, -0.2) is 59.4 Å². The van der Waals surface area contributed by atoms with Gasteiger partial charge in [0, 0.05) is 24.2 Å². The van der Waals surface area contributed by atoms with E-state index in [0.717, 1.165) is 48.9 Å². The molecule has 1 aromatic carbocycles. The fourth-order valence-electron chi connectivity index (χ4n) is 2.96. The number of anilines is 1. The zero-order valence-corrected chi connectivity index (χ0v) is 14.4. The van der Waals surface area contributed by atoms with Crippen LogP contribution in [0.3, 0.4) is 0 Å². The highest BCUT2D eigenvalue weighted by atomic mass is 16.5. The maximum Gasteiger partial charge on any atom is 0.223 e. The van der Waals surface area contributed by atoms with E-state index in [1.165, 1.54) is 0 Å². The summed E-state index contributed by atoms with van der Waals surface area (Å²) in [5.41, 5.74) is 0.838. The number of likely N-dealkylation sites (N-methyl/N-ethyl adjacent to an activating group) is 1. The van der Waals surface area contributed by atoms with Gasteiger partial charge in [-0.25, -0.2) is 9.97 Å². The van der Waals surface area contributed by atoms with Crippen LogP contribution in [0.2, 0.25) is 0 Å². The second-order valence-electron chi connectivity index (χ2n) is 6.69. The van der Waals surface area contributed by atoms with E-state index in [9.17, 15) is 5.11 Å². The van der Waals surface area contributed by atoms with Crippen LogP contribution in [-0.2, 0) is 0 Å². The molecule has 2 aromatic rings. The lowest BCUT2D eigenvalue weighted by Gasteiger charge is -2.26. The van der Waals surface area contributed by atoms with E-state index in [1.807, 2.05) is 38.5 Å². The number of aliphatic hydroxyl groups excluding tert-OH is 1. The molecule has 24 heavy (non-hydrogen) atoms. The standard InChI is InChI=1S/C18H26N4O2/c1-22(2)10-11-24-16-5-3-4-13-12-19-18(21-17(13)16)20-14-6-8-15(23)9-7-14/h3-5,12,14-15,23H,6-11H2,1-2H3,(H,19,20,21). The second-order valence-corrected chi connectivity index (χ2v) is 6.69. The summed E-state index contributed by atoms with van der Waals surface area (Å²) in [7, 11) is 4.05. The van der Waals surface area contributed by atoms with Gasteiger partial charge in [-0.15, -0.1) is 0 Å². The molecule has 0 saturated heterocycles. The zero-order chi connectivity index (χ0) is 16.9. The molecule has 3 rings (SSSR count). The SMILES string of the molecule is CN(C)CCOc1cccc2cnc(NC3CCC(O)CC3)nc12. The number of nitrogens with one attached hydrogen (secondary N) is 1. The monoisotopic (exact) mass is 330 g/mol. The molecule has 6 heteroatoms. The Morgan fingerprint density at radius 2 is 2.04 bits per heavy atom. The highest BCUT2D eigenvalue weighted by Crippen LogP contribution is 2.26. The maximum absolute atomic E-state index is 9.61. The molecular formula is C18H26N4O2. The smallest absolute Gasteiger partial charge is 0.223 e. The number of rotatable bonds is 6. The van der Waals surface area contributed by atoms with E-state index >= 15 is 0 Å². The first kappa shape index (κ1) is 16.9. The van der Waals surface area contributed by atoms with Crippen LogP contribution >= 0.6 is 0 Å². The third kappa shape index (κ3) is 4.33. The summed E-state index contributed by atoms with van der Waals surface area (Å²) in [5, 5.41) is 14.0. The summed E-state index contributed by atoms with van der Waals surface area (Å²) in [5.74, 6) is 1.42. The van der Waals surface area contributed by atoms with Crippen molar-refractivity contribution in [3.63, 3.8) is 0 Å². The number of hydrogen-bond acceptors (Lipinski definition) is 6. The van der Waals surface area contributed by atoms with Crippen LogP contribution in [0.4, 0.5) is 5.95 Å². The summed E-state index contributed by atoms with van der Waals surface area (Å²) < 4.78 is 5.90. The largest absolute Gasteiger partial charge is 0.490 e. The number of aliphatic hydroxyl groups is 1. The lowest BCUT2D eigenvalue weighted by molar-refractivity contribution is 0.126. The number of aromatic nitrogens is 2. The molecular weight excluding hydrogens is 304 g/mol. The molecule has 0 unspecified atom stereocenters. The van der Waals surface area contributed by atoms with Gasteiger partial charge in [0.25, 0.3) is 0 Å². The van der Waals surface area contributed by atoms with E-state index < -0.39 is 0 Å². The molecule has 1 aromatic heterocycles. The number of benzene rings is 1. The Labute approximate surface area is 142 Å². The molecule has 2 N–H and O–H groups in total. The van der Waals surface area contributed by atoms with Gasteiger partial charge in [0.15, 0.2) is 0 Å². The Hall–Kier alpha value is -1.92. The fourth-order valence-corrected chi connectivity index (χ4v) is 2.96. The fraction of sp³-hybridized carbons (Fsp3) is 0.556. The van der Waals surface area contributed by atoms with Crippen molar-refractivity contribution in [3.8, 4) is 5.75 Å². The van der Waals surface area contributed by atoms with Crippen LogP contribution in [0.5, 0.6) is 5.75 Å². The highest BCUT2D eigenvalue weighted by molar-refractivity contribution is 5.84. The minimum Gasteiger partial charge on any atom is -0.490 e. The molecule has 0 radical (unpaired) electrons. The number of nitrogens with zero attached hydrogens (tertiary/aromatic N) is 3. The summed E-state index contributed by atoms with van der Waals surface area (Å²) in [4.78, 5) is 11.2. The number of hydrogen-bond donors (Lipinski definition) is 2. The molecule has 0 atom stereocenters. The van der Waals surface area contributed by atoms with Crippen LogP contribution in [0.1, 0.15) is 25.7 Å². The first-order valence-corrected chi connectivity index (χ1v) is 8.60. The van der Waals surface area contributed by atoms with Gasteiger partial charge < -0.3 is 20.1 Å². The minimum absolute atomic E-state index is 0.155. The molecule has 130 valence electrons. The Morgan fingerprint density at radius 1 is 1.25 bits per heavy atom. The minimum atomic E-state index is -0.155. The van der Waals surface area contributed by atoms with Crippen molar-refractivity contribution in [2.24, 2.45) is 0 Å². The van der Waals surface area contributed by atoms with Crippen LogP contribution in [0, 0.1) is 0 Å². The average Bonchev–Trinajstić information content (AvgIpc) is 2.57. The predicted octanol–water partition coefficient (Wildman–Crippen LogP) is 2.29. The quantitative estimate of drug-likeness (QED) is 0.847. The zero-order valence-electron chi connectivity index (χ0n) is 14.4. The second kappa shape index (κ2) is 7.77. The summed E-state index contributed by atoms with van der Waals surface area (Å²) in [6.45, 7) is 1.48. The van der Waals surface area contributed by atoms with Crippen molar-refractivity contribution in [2.45, 2.75) is 37.8 Å².